The van der Waals surface area contributed by atoms with E-state index >= 15 is 0 Å². The molecule has 0 saturated heterocycles. The van der Waals surface area contributed by atoms with E-state index in [-0.39, 0.29) is 5.28 Å². The molecule has 8 atom stereocenters. The van der Waals surface area contributed by atoms with Crippen LogP contribution in [0.3, 0.4) is 0 Å². The third-order valence-corrected chi connectivity index (χ3v) is 13.9. The smallest absolute Gasteiger partial charge is 0.208 e. The Morgan fingerprint density at radius 3 is 2.16 bits per heavy atom. The van der Waals surface area contributed by atoms with Crippen molar-refractivity contribution < 1.29 is 0 Å². The van der Waals surface area contributed by atoms with Crippen molar-refractivity contribution in [1.29, 1.82) is 0 Å². The second-order valence-electron chi connectivity index (χ2n) is 16.4. The molecule has 4 saturated carbocycles. The molecule has 1 aromatic heterocycles. The predicted octanol–water partition coefficient (Wildman–Crippen LogP) is 11.8. The van der Waals surface area contributed by atoms with Crippen LogP contribution in [0.5, 0.6) is 0 Å². The van der Waals surface area contributed by atoms with Crippen molar-refractivity contribution in [3.05, 3.63) is 65.4 Å². The highest BCUT2D eigenvalue weighted by Gasteiger charge is 2.59. The van der Waals surface area contributed by atoms with E-state index in [0.29, 0.717) is 28.4 Å². The van der Waals surface area contributed by atoms with Crippen molar-refractivity contribution in [2.24, 2.45) is 46.3 Å². The van der Waals surface area contributed by atoms with Crippen molar-refractivity contribution in [2.75, 3.05) is 0 Å². The van der Waals surface area contributed by atoms with Gasteiger partial charge in [-0.25, -0.2) is 4.98 Å². The SMILES string of the molecule is CC(C)CCCC[C@H]1CC[C@H]2[C@@H]3CC[C@H]4CC(c5ccc(-c6nc(Cl)nc(-c7ccccc7)n6)cc5)CC[C@]4(C)[C@H]3CC[C@]12C. The number of unbranched alkanes of at least 4 members (excludes halogenated alkanes) is 1. The highest BCUT2D eigenvalue weighted by Crippen LogP contribution is 2.68. The lowest BCUT2D eigenvalue weighted by Gasteiger charge is -2.61. The number of rotatable bonds is 8. The number of fused-ring (bicyclic) bond motifs is 5. The van der Waals surface area contributed by atoms with Crippen LogP contribution >= 0.6 is 11.6 Å². The lowest BCUT2D eigenvalue weighted by Crippen LogP contribution is -2.53. The standard InChI is InChI=1S/C41H54ClN3/c1-27(2)10-8-9-13-32-19-21-35-34-20-18-33-26-31(22-24-41(33,4)36(34)23-25-40(32,35)3)28-14-16-30(17-15-28)38-43-37(44-39(42)45-38)29-11-6-5-7-12-29/h5-7,11-12,14-17,27,31-36H,8-10,13,18-26H2,1-4H3/t31?,32-,33-,34-,35-,36-,40+,41-/m0/s1. The number of nitrogens with zero attached hydrogens (tertiary/aromatic N) is 3. The van der Waals surface area contributed by atoms with Crippen LogP contribution in [0.1, 0.15) is 123 Å². The molecule has 4 aliphatic rings. The van der Waals surface area contributed by atoms with Gasteiger partial charge < -0.3 is 0 Å². The van der Waals surface area contributed by atoms with E-state index in [2.05, 4.69) is 61.9 Å². The molecule has 3 nitrogen and oxygen atoms in total. The molecule has 0 aliphatic heterocycles. The fourth-order valence-corrected chi connectivity index (χ4v) is 11.3. The predicted molar refractivity (Wildman–Crippen MR) is 187 cm³/mol. The Bertz CT molecular complexity index is 1450. The van der Waals surface area contributed by atoms with E-state index < -0.39 is 0 Å². The molecule has 1 heterocycles. The van der Waals surface area contributed by atoms with E-state index in [1.165, 1.54) is 89.0 Å². The van der Waals surface area contributed by atoms with Crippen LogP contribution in [-0.4, -0.2) is 15.0 Å². The quantitative estimate of drug-likeness (QED) is 0.234. The molecule has 0 spiro atoms. The third kappa shape index (κ3) is 6.01. The van der Waals surface area contributed by atoms with Crippen LogP contribution in [0.15, 0.2) is 54.6 Å². The van der Waals surface area contributed by atoms with Crippen molar-refractivity contribution in [1.82, 2.24) is 15.0 Å². The Labute approximate surface area is 277 Å². The molecule has 2 aromatic carbocycles. The highest BCUT2D eigenvalue weighted by molar-refractivity contribution is 6.28. The minimum Gasteiger partial charge on any atom is -0.208 e. The number of benzene rings is 2. The summed E-state index contributed by atoms with van der Waals surface area (Å²) in [6.45, 7) is 10.2. The maximum absolute atomic E-state index is 6.35. The zero-order valence-corrected chi connectivity index (χ0v) is 28.9. The van der Waals surface area contributed by atoms with Gasteiger partial charge in [-0.1, -0.05) is 102 Å². The average molecular weight is 624 g/mol. The van der Waals surface area contributed by atoms with E-state index in [0.717, 1.165) is 46.6 Å². The molecule has 240 valence electrons. The van der Waals surface area contributed by atoms with Gasteiger partial charge in [0.2, 0.25) is 5.28 Å². The van der Waals surface area contributed by atoms with Crippen LogP contribution in [0, 0.1) is 46.3 Å². The molecule has 0 N–H and O–H groups in total. The summed E-state index contributed by atoms with van der Waals surface area (Å²) >= 11 is 6.35. The second-order valence-corrected chi connectivity index (χ2v) is 16.7. The Hall–Kier alpha value is -2.26. The van der Waals surface area contributed by atoms with Gasteiger partial charge in [0.15, 0.2) is 11.6 Å². The summed E-state index contributed by atoms with van der Waals surface area (Å²) in [5.74, 6) is 7.54. The van der Waals surface area contributed by atoms with Gasteiger partial charge in [-0.15, -0.1) is 0 Å². The Morgan fingerprint density at radius 1 is 0.733 bits per heavy atom. The average Bonchev–Trinajstić information content (AvgIpc) is 3.39. The molecule has 4 aliphatic carbocycles. The van der Waals surface area contributed by atoms with Gasteiger partial charge in [-0.2, -0.15) is 9.97 Å². The summed E-state index contributed by atoms with van der Waals surface area (Å²) in [7, 11) is 0. The first-order valence-corrected chi connectivity index (χ1v) is 18.7. The third-order valence-electron chi connectivity index (χ3n) is 13.7. The van der Waals surface area contributed by atoms with Crippen LogP contribution in [-0.2, 0) is 0 Å². The zero-order chi connectivity index (χ0) is 31.2. The first kappa shape index (κ1) is 31.3. The largest absolute Gasteiger partial charge is 0.226 e. The number of hydrogen-bond donors (Lipinski definition) is 0. The lowest BCUT2D eigenvalue weighted by molar-refractivity contribution is -0.114. The molecule has 0 amide bonds. The molecule has 0 bridgehead atoms. The van der Waals surface area contributed by atoms with Gasteiger partial charge in [-0.05, 0) is 134 Å². The topological polar surface area (TPSA) is 38.7 Å². The second kappa shape index (κ2) is 12.7. The van der Waals surface area contributed by atoms with Crippen LogP contribution in [0.25, 0.3) is 22.8 Å². The molecule has 7 rings (SSSR count). The van der Waals surface area contributed by atoms with Crippen molar-refractivity contribution in [3.63, 3.8) is 0 Å². The summed E-state index contributed by atoms with van der Waals surface area (Å²) in [6.07, 6.45) is 18.8. The molecule has 4 fully saturated rings. The maximum Gasteiger partial charge on any atom is 0.226 e. The van der Waals surface area contributed by atoms with Crippen LogP contribution < -0.4 is 0 Å². The molecule has 45 heavy (non-hydrogen) atoms. The Morgan fingerprint density at radius 2 is 1.42 bits per heavy atom. The summed E-state index contributed by atoms with van der Waals surface area (Å²) < 4.78 is 0. The van der Waals surface area contributed by atoms with E-state index in [9.17, 15) is 0 Å². The fraction of sp³-hybridized carbons (Fsp3) is 0.634. The molecule has 0 radical (unpaired) electrons. The molecule has 1 unspecified atom stereocenters. The first-order chi connectivity index (χ1) is 21.7. The minimum atomic E-state index is 0.239. The highest BCUT2D eigenvalue weighted by atomic mass is 35.5. The molecular weight excluding hydrogens is 570 g/mol. The molecular formula is C41H54ClN3. The van der Waals surface area contributed by atoms with Crippen molar-refractivity contribution in [2.45, 2.75) is 117 Å². The number of aromatic nitrogens is 3. The summed E-state index contributed by atoms with van der Waals surface area (Å²) in [5.41, 5.74) is 4.59. The first-order valence-electron chi connectivity index (χ1n) is 18.3. The summed E-state index contributed by atoms with van der Waals surface area (Å²) in [6, 6.07) is 19.1. The van der Waals surface area contributed by atoms with Gasteiger partial charge in [0.25, 0.3) is 0 Å². The lowest BCUT2D eigenvalue weighted by atomic mass is 9.44. The van der Waals surface area contributed by atoms with E-state index in [1.807, 2.05) is 30.3 Å². The fourth-order valence-electron chi connectivity index (χ4n) is 11.2. The maximum atomic E-state index is 6.35. The summed E-state index contributed by atoms with van der Waals surface area (Å²) in [4.78, 5) is 13.6. The number of halogens is 1. The Balaban J connectivity index is 1.01. The monoisotopic (exact) mass is 623 g/mol. The van der Waals surface area contributed by atoms with Crippen molar-refractivity contribution >= 4 is 11.6 Å². The van der Waals surface area contributed by atoms with Gasteiger partial charge in [0.05, 0.1) is 0 Å². The minimum absolute atomic E-state index is 0.239. The van der Waals surface area contributed by atoms with Crippen LogP contribution in [0.2, 0.25) is 5.28 Å². The van der Waals surface area contributed by atoms with Crippen molar-refractivity contribution in [3.8, 4) is 22.8 Å². The van der Waals surface area contributed by atoms with Crippen LogP contribution in [0.4, 0.5) is 0 Å². The van der Waals surface area contributed by atoms with E-state index in [4.69, 9.17) is 16.6 Å². The van der Waals surface area contributed by atoms with E-state index in [1.54, 1.807) is 0 Å². The van der Waals surface area contributed by atoms with Gasteiger partial charge >= 0.3 is 0 Å². The van der Waals surface area contributed by atoms with Gasteiger partial charge in [0, 0.05) is 11.1 Å². The van der Waals surface area contributed by atoms with Gasteiger partial charge in [-0.3, -0.25) is 0 Å². The molecule has 4 heteroatoms. The zero-order valence-electron chi connectivity index (χ0n) is 28.1. The molecule has 3 aromatic rings. The summed E-state index contributed by atoms with van der Waals surface area (Å²) in [5, 5.41) is 0.239. The normalized spacial score (nSPS) is 34.3. The van der Waals surface area contributed by atoms with Gasteiger partial charge in [0.1, 0.15) is 0 Å². The Kier molecular flexibility index (Phi) is 8.87. The number of hydrogen-bond acceptors (Lipinski definition) is 3.